The molecule has 1 aliphatic carbocycles. The quantitative estimate of drug-likeness (QED) is 0.766. The zero-order valence-corrected chi connectivity index (χ0v) is 10.7. The third kappa shape index (κ3) is 3.72. The highest BCUT2D eigenvalue weighted by molar-refractivity contribution is 5.21. The van der Waals surface area contributed by atoms with Crippen LogP contribution >= 0.6 is 0 Å². The third-order valence-corrected chi connectivity index (χ3v) is 3.65. The van der Waals surface area contributed by atoms with E-state index in [1.165, 1.54) is 6.07 Å². The van der Waals surface area contributed by atoms with Crippen molar-refractivity contribution in [3.63, 3.8) is 0 Å². The SMILES string of the molecule is OC(CNCC1(O)CCCC1)c1ccc(F)cc1F. The average molecular weight is 271 g/mol. The molecule has 0 aromatic heterocycles. The summed E-state index contributed by atoms with van der Waals surface area (Å²) >= 11 is 0. The summed E-state index contributed by atoms with van der Waals surface area (Å²) in [4.78, 5) is 0. The fourth-order valence-corrected chi connectivity index (χ4v) is 2.53. The zero-order chi connectivity index (χ0) is 13.9. The minimum absolute atomic E-state index is 0.0623. The topological polar surface area (TPSA) is 52.5 Å². The molecule has 0 amide bonds. The van der Waals surface area contributed by atoms with Gasteiger partial charge in [-0.15, -0.1) is 0 Å². The van der Waals surface area contributed by atoms with Gasteiger partial charge in [-0.05, 0) is 18.9 Å². The molecule has 0 saturated heterocycles. The van der Waals surface area contributed by atoms with Crippen LogP contribution in [-0.2, 0) is 0 Å². The molecule has 1 unspecified atom stereocenters. The van der Waals surface area contributed by atoms with Crippen LogP contribution in [-0.4, -0.2) is 28.9 Å². The van der Waals surface area contributed by atoms with Crippen LogP contribution in [0.25, 0.3) is 0 Å². The zero-order valence-electron chi connectivity index (χ0n) is 10.7. The van der Waals surface area contributed by atoms with E-state index in [2.05, 4.69) is 5.32 Å². The minimum atomic E-state index is -1.05. The number of benzene rings is 1. The standard InChI is InChI=1S/C14H19F2NO2/c15-10-3-4-11(12(16)7-10)13(18)8-17-9-14(19)5-1-2-6-14/h3-4,7,13,17-19H,1-2,5-6,8-9H2. The molecule has 3 N–H and O–H groups in total. The molecule has 106 valence electrons. The second kappa shape index (κ2) is 5.94. The van der Waals surface area contributed by atoms with Gasteiger partial charge in [-0.2, -0.15) is 0 Å². The highest BCUT2D eigenvalue weighted by Gasteiger charge is 2.30. The molecule has 1 aliphatic rings. The van der Waals surface area contributed by atoms with E-state index in [0.717, 1.165) is 37.8 Å². The third-order valence-electron chi connectivity index (χ3n) is 3.65. The molecule has 0 heterocycles. The van der Waals surface area contributed by atoms with Crippen LogP contribution in [0.5, 0.6) is 0 Å². The lowest BCUT2D eigenvalue weighted by molar-refractivity contribution is 0.0437. The van der Waals surface area contributed by atoms with Crippen molar-refractivity contribution in [1.82, 2.24) is 5.32 Å². The molecule has 1 aromatic carbocycles. The van der Waals surface area contributed by atoms with Crippen LogP contribution < -0.4 is 5.32 Å². The monoisotopic (exact) mass is 271 g/mol. The molecule has 0 bridgehead atoms. The van der Waals surface area contributed by atoms with E-state index in [0.29, 0.717) is 6.54 Å². The van der Waals surface area contributed by atoms with Gasteiger partial charge in [-0.1, -0.05) is 18.9 Å². The Morgan fingerprint density at radius 2 is 1.95 bits per heavy atom. The number of halogens is 2. The molecule has 3 nitrogen and oxygen atoms in total. The summed E-state index contributed by atoms with van der Waals surface area (Å²) in [6.07, 6.45) is 2.47. The molecule has 1 fully saturated rings. The molecule has 0 spiro atoms. The summed E-state index contributed by atoms with van der Waals surface area (Å²) in [5, 5.41) is 22.9. The maximum Gasteiger partial charge on any atom is 0.131 e. The summed E-state index contributed by atoms with van der Waals surface area (Å²) in [7, 11) is 0. The maximum atomic E-state index is 13.4. The first-order chi connectivity index (χ1) is 9.00. The van der Waals surface area contributed by atoms with Gasteiger partial charge in [0.15, 0.2) is 0 Å². The molecule has 0 aliphatic heterocycles. The molecule has 5 heteroatoms. The first-order valence-corrected chi connectivity index (χ1v) is 6.56. The first-order valence-electron chi connectivity index (χ1n) is 6.56. The highest BCUT2D eigenvalue weighted by Crippen LogP contribution is 2.28. The van der Waals surface area contributed by atoms with Crippen LogP contribution in [0.1, 0.15) is 37.4 Å². The second-order valence-corrected chi connectivity index (χ2v) is 5.24. The molecule has 1 aromatic rings. The Labute approximate surface area is 111 Å². The molecule has 0 radical (unpaired) electrons. The van der Waals surface area contributed by atoms with Gasteiger partial charge in [0.1, 0.15) is 11.6 Å². The van der Waals surface area contributed by atoms with E-state index in [4.69, 9.17) is 0 Å². The van der Waals surface area contributed by atoms with E-state index in [1.807, 2.05) is 0 Å². The minimum Gasteiger partial charge on any atom is -0.389 e. The average Bonchev–Trinajstić information content (AvgIpc) is 2.76. The summed E-state index contributed by atoms with van der Waals surface area (Å²) in [6, 6.07) is 3.11. The number of aliphatic hydroxyl groups is 2. The van der Waals surface area contributed by atoms with Gasteiger partial charge in [-0.25, -0.2) is 8.78 Å². The van der Waals surface area contributed by atoms with Crippen molar-refractivity contribution in [3.05, 3.63) is 35.4 Å². The van der Waals surface area contributed by atoms with Crippen LogP contribution in [0.3, 0.4) is 0 Å². The number of nitrogens with one attached hydrogen (secondary N) is 1. The van der Waals surface area contributed by atoms with E-state index in [9.17, 15) is 19.0 Å². The Morgan fingerprint density at radius 3 is 2.58 bits per heavy atom. The van der Waals surface area contributed by atoms with Crippen molar-refractivity contribution in [1.29, 1.82) is 0 Å². The summed E-state index contributed by atoms with van der Waals surface area (Å²) < 4.78 is 26.2. The maximum absolute atomic E-state index is 13.4. The van der Waals surface area contributed by atoms with Crippen molar-refractivity contribution >= 4 is 0 Å². The first kappa shape index (κ1) is 14.4. The van der Waals surface area contributed by atoms with Crippen LogP contribution in [0, 0.1) is 11.6 Å². The lowest BCUT2D eigenvalue weighted by Crippen LogP contribution is -2.39. The van der Waals surface area contributed by atoms with Gasteiger partial charge in [0, 0.05) is 24.7 Å². The molecular weight excluding hydrogens is 252 g/mol. The van der Waals surface area contributed by atoms with Gasteiger partial charge in [-0.3, -0.25) is 0 Å². The second-order valence-electron chi connectivity index (χ2n) is 5.24. The van der Waals surface area contributed by atoms with Crippen molar-refractivity contribution < 1.29 is 19.0 Å². The summed E-state index contributed by atoms with van der Waals surface area (Å²) in [5.41, 5.74) is -0.645. The van der Waals surface area contributed by atoms with Gasteiger partial charge >= 0.3 is 0 Å². The van der Waals surface area contributed by atoms with Gasteiger partial charge < -0.3 is 15.5 Å². The Hall–Kier alpha value is -1.04. The largest absolute Gasteiger partial charge is 0.389 e. The lowest BCUT2D eigenvalue weighted by Gasteiger charge is -2.23. The highest BCUT2D eigenvalue weighted by atomic mass is 19.1. The normalized spacial score (nSPS) is 19.6. The number of rotatable bonds is 5. The summed E-state index contributed by atoms with van der Waals surface area (Å²) in [5.74, 6) is -1.42. The van der Waals surface area contributed by atoms with Crippen molar-refractivity contribution in [3.8, 4) is 0 Å². The smallest absolute Gasteiger partial charge is 0.131 e. The predicted octanol–water partition coefficient (Wildman–Crippen LogP) is 1.89. The fraction of sp³-hybridized carbons (Fsp3) is 0.571. The van der Waals surface area contributed by atoms with Gasteiger partial charge in [0.05, 0.1) is 11.7 Å². The van der Waals surface area contributed by atoms with E-state index in [-0.39, 0.29) is 12.1 Å². The number of hydrogen-bond donors (Lipinski definition) is 3. The molecule has 1 atom stereocenters. The molecular formula is C14H19F2NO2. The van der Waals surface area contributed by atoms with Crippen molar-refractivity contribution in [2.24, 2.45) is 0 Å². The fourth-order valence-electron chi connectivity index (χ4n) is 2.53. The van der Waals surface area contributed by atoms with Gasteiger partial charge in [0.25, 0.3) is 0 Å². The molecule has 2 rings (SSSR count). The Kier molecular flexibility index (Phi) is 4.50. The molecule has 19 heavy (non-hydrogen) atoms. The van der Waals surface area contributed by atoms with E-state index >= 15 is 0 Å². The number of aliphatic hydroxyl groups excluding tert-OH is 1. The predicted molar refractivity (Wildman–Crippen MR) is 67.6 cm³/mol. The van der Waals surface area contributed by atoms with Crippen molar-refractivity contribution in [2.75, 3.05) is 13.1 Å². The Bertz CT molecular complexity index is 433. The Morgan fingerprint density at radius 1 is 1.26 bits per heavy atom. The van der Waals surface area contributed by atoms with Crippen molar-refractivity contribution in [2.45, 2.75) is 37.4 Å². The van der Waals surface area contributed by atoms with E-state index < -0.39 is 23.3 Å². The van der Waals surface area contributed by atoms with Crippen LogP contribution in [0.15, 0.2) is 18.2 Å². The lowest BCUT2D eigenvalue weighted by atomic mass is 10.0. The van der Waals surface area contributed by atoms with Gasteiger partial charge in [0.2, 0.25) is 0 Å². The van der Waals surface area contributed by atoms with Crippen LogP contribution in [0.2, 0.25) is 0 Å². The Balaban J connectivity index is 1.85. The molecule has 1 saturated carbocycles. The number of hydrogen-bond acceptors (Lipinski definition) is 3. The van der Waals surface area contributed by atoms with Crippen LogP contribution in [0.4, 0.5) is 8.78 Å². The van der Waals surface area contributed by atoms with E-state index in [1.54, 1.807) is 0 Å². The summed E-state index contributed by atoms with van der Waals surface area (Å²) in [6.45, 7) is 0.512.